The van der Waals surface area contributed by atoms with Gasteiger partial charge >= 0.3 is 0 Å². The zero-order valence-corrected chi connectivity index (χ0v) is 10.6. The minimum Gasteiger partial charge on any atom is -0.383 e. The second-order valence-electron chi connectivity index (χ2n) is 4.65. The molecule has 1 saturated heterocycles. The lowest BCUT2D eigenvalue weighted by Gasteiger charge is -2.31. The summed E-state index contributed by atoms with van der Waals surface area (Å²) in [7, 11) is 1.75. The molecule has 0 bridgehead atoms. The van der Waals surface area contributed by atoms with Gasteiger partial charge in [-0.25, -0.2) is 0 Å². The summed E-state index contributed by atoms with van der Waals surface area (Å²) in [5, 5.41) is 3.66. The van der Waals surface area contributed by atoms with Gasteiger partial charge in [0.1, 0.15) is 0 Å². The molecule has 96 valence electrons. The van der Waals surface area contributed by atoms with Gasteiger partial charge in [0.25, 0.3) is 0 Å². The quantitative estimate of drug-likeness (QED) is 0.682. The Labute approximate surface area is 98.9 Å². The van der Waals surface area contributed by atoms with Crippen molar-refractivity contribution in [3.05, 3.63) is 0 Å². The molecule has 0 saturated carbocycles. The number of nitrogens with one attached hydrogen (secondary N) is 1. The van der Waals surface area contributed by atoms with Crippen LogP contribution in [0.15, 0.2) is 0 Å². The SMILES string of the molecule is COCC(CCCN)NC1CCOC(C)C1. The first-order valence-electron chi connectivity index (χ1n) is 6.33. The van der Waals surface area contributed by atoms with E-state index < -0.39 is 0 Å². The van der Waals surface area contributed by atoms with E-state index in [4.69, 9.17) is 15.2 Å². The maximum Gasteiger partial charge on any atom is 0.0615 e. The number of methoxy groups -OCH3 is 1. The van der Waals surface area contributed by atoms with Gasteiger partial charge in [-0.2, -0.15) is 0 Å². The fourth-order valence-electron chi connectivity index (χ4n) is 2.26. The second kappa shape index (κ2) is 8.01. The lowest BCUT2D eigenvalue weighted by atomic mass is 10.0. The standard InChI is InChI=1S/C12H26N2O2/c1-10-8-11(5-7-16-10)14-12(9-15-2)4-3-6-13/h10-12,14H,3-9,13H2,1-2H3. The van der Waals surface area contributed by atoms with E-state index >= 15 is 0 Å². The van der Waals surface area contributed by atoms with E-state index in [0.29, 0.717) is 18.2 Å². The largest absolute Gasteiger partial charge is 0.383 e. The summed E-state index contributed by atoms with van der Waals surface area (Å²) >= 11 is 0. The second-order valence-corrected chi connectivity index (χ2v) is 4.65. The maximum atomic E-state index is 5.54. The number of hydrogen-bond acceptors (Lipinski definition) is 4. The predicted molar refractivity (Wildman–Crippen MR) is 65.5 cm³/mol. The van der Waals surface area contributed by atoms with Crippen molar-refractivity contribution in [2.75, 3.05) is 26.9 Å². The predicted octanol–water partition coefficient (Wildman–Crippen LogP) is 0.897. The molecular formula is C12H26N2O2. The van der Waals surface area contributed by atoms with Crippen molar-refractivity contribution in [1.82, 2.24) is 5.32 Å². The molecular weight excluding hydrogens is 204 g/mol. The molecule has 4 heteroatoms. The van der Waals surface area contributed by atoms with Crippen molar-refractivity contribution in [3.63, 3.8) is 0 Å². The Morgan fingerprint density at radius 3 is 3.00 bits per heavy atom. The first kappa shape index (κ1) is 13.9. The molecule has 1 aliphatic heterocycles. The van der Waals surface area contributed by atoms with Crippen molar-refractivity contribution in [2.45, 2.75) is 50.8 Å². The molecule has 0 aromatic heterocycles. The van der Waals surface area contributed by atoms with Crippen LogP contribution in [0.25, 0.3) is 0 Å². The topological polar surface area (TPSA) is 56.5 Å². The first-order chi connectivity index (χ1) is 7.76. The van der Waals surface area contributed by atoms with Crippen LogP contribution in [0, 0.1) is 0 Å². The highest BCUT2D eigenvalue weighted by Gasteiger charge is 2.21. The van der Waals surface area contributed by atoms with Gasteiger partial charge in [-0.15, -0.1) is 0 Å². The van der Waals surface area contributed by atoms with Crippen molar-refractivity contribution >= 4 is 0 Å². The Morgan fingerprint density at radius 1 is 1.56 bits per heavy atom. The van der Waals surface area contributed by atoms with Crippen LogP contribution in [-0.2, 0) is 9.47 Å². The summed E-state index contributed by atoms with van der Waals surface area (Å²) in [5.74, 6) is 0. The van der Waals surface area contributed by atoms with E-state index in [1.54, 1.807) is 7.11 Å². The number of rotatable bonds is 7. The summed E-state index contributed by atoms with van der Waals surface area (Å²) < 4.78 is 10.8. The molecule has 4 nitrogen and oxygen atoms in total. The molecule has 3 unspecified atom stereocenters. The molecule has 1 rings (SSSR count). The molecule has 0 aliphatic carbocycles. The number of hydrogen-bond donors (Lipinski definition) is 2. The zero-order chi connectivity index (χ0) is 11.8. The summed E-state index contributed by atoms with van der Waals surface area (Å²) in [4.78, 5) is 0. The van der Waals surface area contributed by atoms with Crippen LogP contribution in [-0.4, -0.2) is 45.1 Å². The highest BCUT2D eigenvalue weighted by Crippen LogP contribution is 2.14. The van der Waals surface area contributed by atoms with E-state index in [1.807, 2.05) is 0 Å². The molecule has 1 aliphatic rings. The van der Waals surface area contributed by atoms with Gasteiger partial charge in [0.15, 0.2) is 0 Å². The molecule has 0 aromatic carbocycles. The van der Waals surface area contributed by atoms with Crippen LogP contribution in [0.2, 0.25) is 0 Å². The lowest BCUT2D eigenvalue weighted by Crippen LogP contribution is -2.45. The monoisotopic (exact) mass is 230 g/mol. The molecule has 0 spiro atoms. The van der Waals surface area contributed by atoms with Crippen LogP contribution >= 0.6 is 0 Å². The van der Waals surface area contributed by atoms with Crippen molar-refractivity contribution < 1.29 is 9.47 Å². The summed E-state index contributed by atoms with van der Waals surface area (Å²) in [6.07, 6.45) is 4.73. The van der Waals surface area contributed by atoms with E-state index in [1.165, 1.54) is 0 Å². The Kier molecular flexibility index (Phi) is 6.96. The van der Waals surface area contributed by atoms with Gasteiger partial charge in [-0.05, 0) is 39.2 Å². The van der Waals surface area contributed by atoms with E-state index in [-0.39, 0.29) is 0 Å². The molecule has 1 fully saturated rings. The van der Waals surface area contributed by atoms with Crippen LogP contribution in [0.3, 0.4) is 0 Å². The Balaban J connectivity index is 2.28. The van der Waals surface area contributed by atoms with Crippen molar-refractivity contribution in [3.8, 4) is 0 Å². The number of ether oxygens (including phenoxy) is 2. The molecule has 3 N–H and O–H groups in total. The van der Waals surface area contributed by atoms with Crippen molar-refractivity contribution in [1.29, 1.82) is 0 Å². The van der Waals surface area contributed by atoms with Gasteiger partial charge in [0.2, 0.25) is 0 Å². The van der Waals surface area contributed by atoms with Crippen LogP contribution in [0.1, 0.15) is 32.6 Å². The summed E-state index contributed by atoms with van der Waals surface area (Å²) in [5.41, 5.74) is 5.54. The average molecular weight is 230 g/mol. The summed E-state index contributed by atoms with van der Waals surface area (Å²) in [6, 6.07) is 1.01. The fraction of sp³-hybridized carbons (Fsp3) is 1.00. The fourth-order valence-corrected chi connectivity index (χ4v) is 2.26. The molecule has 3 atom stereocenters. The van der Waals surface area contributed by atoms with Crippen LogP contribution in [0.5, 0.6) is 0 Å². The maximum absolute atomic E-state index is 5.54. The van der Waals surface area contributed by atoms with Gasteiger partial charge in [-0.3, -0.25) is 0 Å². The third kappa shape index (κ3) is 5.25. The smallest absolute Gasteiger partial charge is 0.0615 e. The lowest BCUT2D eigenvalue weighted by molar-refractivity contribution is 0.00850. The molecule has 1 heterocycles. The normalized spacial score (nSPS) is 27.9. The van der Waals surface area contributed by atoms with E-state index in [2.05, 4.69) is 12.2 Å². The third-order valence-corrected chi connectivity index (χ3v) is 3.08. The van der Waals surface area contributed by atoms with Gasteiger partial charge in [-0.1, -0.05) is 0 Å². The Bertz CT molecular complexity index is 178. The van der Waals surface area contributed by atoms with Gasteiger partial charge < -0.3 is 20.5 Å². The van der Waals surface area contributed by atoms with Crippen LogP contribution in [0.4, 0.5) is 0 Å². The minimum absolute atomic E-state index is 0.379. The molecule has 16 heavy (non-hydrogen) atoms. The van der Waals surface area contributed by atoms with Crippen LogP contribution < -0.4 is 11.1 Å². The van der Waals surface area contributed by atoms with Gasteiger partial charge in [0.05, 0.1) is 12.7 Å². The van der Waals surface area contributed by atoms with E-state index in [9.17, 15) is 0 Å². The Hall–Kier alpha value is -0.160. The van der Waals surface area contributed by atoms with Crippen molar-refractivity contribution in [2.24, 2.45) is 5.73 Å². The summed E-state index contributed by atoms with van der Waals surface area (Å²) in [6.45, 7) is 4.53. The Morgan fingerprint density at radius 2 is 2.38 bits per heavy atom. The highest BCUT2D eigenvalue weighted by atomic mass is 16.5. The highest BCUT2D eigenvalue weighted by molar-refractivity contribution is 4.79. The zero-order valence-electron chi connectivity index (χ0n) is 10.6. The van der Waals surface area contributed by atoms with Gasteiger partial charge in [0, 0.05) is 25.8 Å². The molecule has 0 aromatic rings. The first-order valence-corrected chi connectivity index (χ1v) is 6.33. The third-order valence-electron chi connectivity index (χ3n) is 3.08. The number of nitrogens with two attached hydrogens (primary N) is 1. The minimum atomic E-state index is 0.379. The van der Waals surface area contributed by atoms with E-state index in [0.717, 1.165) is 45.4 Å². The average Bonchev–Trinajstić information content (AvgIpc) is 2.26. The molecule has 0 radical (unpaired) electrons. The molecule has 0 amide bonds.